The van der Waals surface area contributed by atoms with Crippen LogP contribution in [0, 0.1) is 0 Å². The maximum atomic E-state index is 10.9. The first kappa shape index (κ1) is 14.0. The minimum Gasteiger partial charge on any atom is -0.156 e. The SMILES string of the molecule is O=[P+](O)c1ccc(Cc2ccc([P+](=O)O)cc2)cc1. The summed E-state index contributed by atoms with van der Waals surface area (Å²) in [4.78, 5) is 17.9. The molecule has 0 heterocycles. The molecular weight excluding hydrogens is 282 g/mol. The average Bonchev–Trinajstić information content (AvgIpc) is 2.40. The lowest BCUT2D eigenvalue weighted by Crippen LogP contribution is -1.98. The molecule has 19 heavy (non-hydrogen) atoms. The predicted molar refractivity (Wildman–Crippen MR) is 74.6 cm³/mol. The van der Waals surface area contributed by atoms with E-state index >= 15 is 0 Å². The second-order valence-corrected chi connectivity index (χ2v) is 6.18. The number of hydrogen-bond acceptors (Lipinski definition) is 2. The van der Waals surface area contributed by atoms with Crippen molar-refractivity contribution >= 4 is 26.7 Å². The summed E-state index contributed by atoms with van der Waals surface area (Å²) in [6, 6.07) is 13.7. The molecule has 2 aromatic carbocycles. The molecule has 96 valence electrons. The third-order valence-corrected chi connectivity index (χ3v) is 4.20. The van der Waals surface area contributed by atoms with Gasteiger partial charge in [-0.05, 0) is 50.9 Å². The van der Waals surface area contributed by atoms with Crippen molar-refractivity contribution in [1.29, 1.82) is 0 Å². The summed E-state index contributed by atoms with van der Waals surface area (Å²) in [5, 5.41) is 0.817. The quantitative estimate of drug-likeness (QED) is 0.846. The van der Waals surface area contributed by atoms with Crippen LogP contribution in [0.2, 0.25) is 0 Å². The topological polar surface area (TPSA) is 74.6 Å². The molecule has 0 radical (unpaired) electrons. The first-order valence-electron chi connectivity index (χ1n) is 5.56. The van der Waals surface area contributed by atoms with Crippen molar-refractivity contribution in [2.24, 2.45) is 0 Å². The lowest BCUT2D eigenvalue weighted by molar-refractivity contribution is 0.512. The number of hydrogen-bond donors (Lipinski definition) is 2. The number of benzene rings is 2. The lowest BCUT2D eigenvalue weighted by atomic mass is 10.1. The Morgan fingerprint density at radius 3 is 1.26 bits per heavy atom. The molecule has 0 aliphatic heterocycles. The smallest absolute Gasteiger partial charge is 0.156 e. The van der Waals surface area contributed by atoms with Gasteiger partial charge >= 0.3 is 16.1 Å². The van der Waals surface area contributed by atoms with E-state index in [2.05, 4.69) is 0 Å². The molecule has 0 bridgehead atoms. The van der Waals surface area contributed by atoms with Crippen LogP contribution in [0.15, 0.2) is 48.5 Å². The lowest BCUT2D eigenvalue weighted by Gasteiger charge is -2.00. The average molecular weight is 294 g/mol. The Kier molecular flexibility index (Phi) is 4.52. The van der Waals surface area contributed by atoms with Gasteiger partial charge in [0.25, 0.3) is 0 Å². The van der Waals surface area contributed by atoms with Crippen LogP contribution in [0.3, 0.4) is 0 Å². The Labute approximate surface area is 112 Å². The van der Waals surface area contributed by atoms with Crippen LogP contribution < -0.4 is 10.6 Å². The molecule has 0 saturated heterocycles. The van der Waals surface area contributed by atoms with Crippen LogP contribution in [0.5, 0.6) is 0 Å². The van der Waals surface area contributed by atoms with Crippen molar-refractivity contribution in [3.8, 4) is 0 Å². The maximum Gasteiger partial charge on any atom is 0.546 e. The molecule has 0 fully saturated rings. The molecule has 2 aromatic rings. The predicted octanol–water partition coefficient (Wildman–Crippen LogP) is 2.00. The maximum absolute atomic E-state index is 10.9. The van der Waals surface area contributed by atoms with E-state index in [1.165, 1.54) is 0 Å². The van der Waals surface area contributed by atoms with E-state index in [1.807, 2.05) is 0 Å². The van der Waals surface area contributed by atoms with Crippen molar-refractivity contribution in [3.63, 3.8) is 0 Å². The fourth-order valence-electron chi connectivity index (χ4n) is 1.72. The van der Waals surface area contributed by atoms with Crippen LogP contribution in [0.4, 0.5) is 0 Å². The minimum atomic E-state index is -2.29. The highest BCUT2D eigenvalue weighted by atomic mass is 31.1. The van der Waals surface area contributed by atoms with Gasteiger partial charge in [0.15, 0.2) is 0 Å². The largest absolute Gasteiger partial charge is 0.546 e. The molecule has 2 N–H and O–H groups in total. The fourth-order valence-corrected chi connectivity index (χ4v) is 2.53. The van der Waals surface area contributed by atoms with Crippen molar-refractivity contribution in [2.45, 2.75) is 6.42 Å². The molecule has 0 aliphatic rings. The first-order valence-corrected chi connectivity index (χ1v) is 7.99. The highest BCUT2D eigenvalue weighted by Crippen LogP contribution is 2.16. The van der Waals surface area contributed by atoms with Crippen molar-refractivity contribution in [1.82, 2.24) is 0 Å². The van der Waals surface area contributed by atoms with Crippen LogP contribution in [0.25, 0.3) is 0 Å². The van der Waals surface area contributed by atoms with E-state index in [4.69, 9.17) is 9.79 Å². The van der Waals surface area contributed by atoms with E-state index in [9.17, 15) is 9.13 Å². The summed E-state index contributed by atoms with van der Waals surface area (Å²) >= 11 is 0. The van der Waals surface area contributed by atoms with E-state index in [1.54, 1.807) is 48.5 Å². The second kappa shape index (κ2) is 6.14. The zero-order valence-electron chi connectivity index (χ0n) is 9.93. The van der Waals surface area contributed by atoms with Gasteiger partial charge in [0, 0.05) is 0 Å². The monoisotopic (exact) mass is 294 g/mol. The van der Waals surface area contributed by atoms with Crippen molar-refractivity contribution < 1.29 is 18.9 Å². The van der Waals surface area contributed by atoms with Gasteiger partial charge in [-0.3, -0.25) is 0 Å². The molecule has 0 spiro atoms. The van der Waals surface area contributed by atoms with Gasteiger partial charge in [-0.25, -0.2) is 0 Å². The van der Waals surface area contributed by atoms with Crippen molar-refractivity contribution in [2.75, 3.05) is 0 Å². The number of rotatable bonds is 4. The second-order valence-electron chi connectivity index (χ2n) is 4.06. The Morgan fingerprint density at radius 2 is 1.00 bits per heavy atom. The summed E-state index contributed by atoms with van der Waals surface area (Å²) in [7, 11) is -4.58. The fraction of sp³-hybridized carbons (Fsp3) is 0.0769. The van der Waals surface area contributed by atoms with Crippen LogP contribution in [-0.2, 0) is 15.6 Å². The summed E-state index contributed by atoms with van der Waals surface area (Å²) in [6.07, 6.45) is 0.672. The normalized spacial score (nSPS) is 12.1. The molecule has 2 unspecified atom stereocenters. The third kappa shape index (κ3) is 3.76. The standard InChI is InChI=1S/C13H10O4P2/c14-18(15)12-5-1-10(2-6-12)9-11-3-7-13(8-4-11)19(16)17/h1-8H,9H2/p+2. The zero-order chi connectivity index (χ0) is 13.8. The van der Waals surface area contributed by atoms with E-state index < -0.39 is 16.1 Å². The third-order valence-electron chi connectivity index (χ3n) is 2.72. The molecule has 2 atom stereocenters. The first-order chi connectivity index (χ1) is 9.06. The molecule has 0 saturated carbocycles. The van der Waals surface area contributed by atoms with Crippen LogP contribution >= 0.6 is 16.1 Å². The Hall–Kier alpha value is -1.44. The molecule has 0 amide bonds. The molecule has 6 heteroatoms. The van der Waals surface area contributed by atoms with Gasteiger partial charge in [0.2, 0.25) is 10.6 Å². The highest BCUT2D eigenvalue weighted by Gasteiger charge is 2.16. The zero-order valence-corrected chi connectivity index (χ0v) is 11.7. The highest BCUT2D eigenvalue weighted by molar-refractivity contribution is 7.47. The van der Waals surface area contributed by atoms with E-state index in [0.29, 0.717) is 17.0 Å². The summed E-state index contributed by atoms with van der Waals surface area (Å²) in [5.74, 6) is 0. The summed E-state index contributed by atoms with van der Waals surface area (Å²) in [5.41, 5.74) is 2.03. The van der Waals surface area contributed by atoms with E-state index in [-0.39, 0.29) is 0 Å². The van der Waals surface area contributed by atoms with Gasteiger partial charge in [0.05, 0.1) is 0 Å². The van der Waals surface area contributed by atoms with Crippen LogP contribution in [0.1, 0.15) is 11.1 Å². The van der Waals surface area contributed by atoms with Gasteiger partial charge in [-0.2, -0.15) is 9.79 Å². The molecular formula is C13H12O4P2+2. The van der Waals surface area contributed by atoms with Gasteiger partial charge in [0.1, 0.15) is 0 Å². The summed E-state index contributed by atoms with van der Waals surface area (Å²) in [6.45, 7) is 0. The van der Waals surface area contributed by atoms with Gasteiger partial charge in [-0.15, -0.1) is 0 Å². The Balaban J connectivity index is 2.12. The van der Waals surface area contributed by atoms with Crippen LogP contribution in [-0.4, -0.2) is 9.79 Å². The summed E-state index contributed by atoms with van der Waals surface area (Å²) < 4.78 is 21.7. The van der Waals surface area contributed by atoms with Gasteiger partial charge in [-0.1, -0.05) is 24.3 Å². The minimum absolute atomic E-state index is 0.409. The van der Waals surface area contributed by atoms with Gasteiger partial charge < -0.3 is 0 Å². The molecule has 0 aromatic heterocycles. The Morgan fingerprint density at radius 1 is 0.684 bits per heavy atom. The Bertz CT molecular complexity index is 550. The van der Waals surface area contributed by atoms with E-state index in [0.717, 1.165) is 11.1 Å². The molecule has 2 rings (SSSR count). The van der Waals surface area contributed by atoms with Crippen molar-refractivity contribution in [3.05, 3.63) is 59.7 Å². The molecule has 4 nitrogen and oxygen atoms in total. The molecule has 0 aliphatic carbocycles.